The molecule has 0 N–H and O–H groups in total. The Morgan fingerprint density at radius 2 is 1.61 bits per heavy atom. The van der Waals surface area contributed by atoms with E-state index in [9.17, 15) is 0 Å². The zero-order valence-electron chi connectivity index (χ0n) is 11.5. The van der Waals surface area contributed by atoms with Gasteiger partial charge >= 0.3 is 0 Å². The van der Waals surface area contributed by atoms with Crippen LogP contribution in [0.2, 0.25) is 0 Å². The molecule has 0 spiro atoms. The van der Waals surface area contributed by atoms with Gasteiger partial charge in [-0.3, -0.25) is 4.90 Å². The first kappa shape index (κ1) is 12.2. The minimum Gasteiger partial charge on any atom is -0.300 e. The largest absolute Gasteiger partial charge is 0.300 e. The summed E-state index contributed by atoms with van der Waals surface area (Å²) in [4.78, 5) is 5.29. The first-order valence-corrected chi connectivity index (χ1v) is 7.22. The van der Waals surface area contributed by atoms with E-state index >= 15 is 0 Å². The second-order valence-corrected chi connectivity index (χ2v) is 6.25. The van der Waals surface area contributed by atoms with Gasteiger partial charge in [-0.2, -0.15) is 0 Å². The van der Waals surface area contributed by atoms with Crippen LogP contribution in [0, 0.1) is 11.8 Å². The van der Waals surface area contributed by atoms with Crippen molar-refractivity contribution in [3.63, 3.8) is 0 Å². The molecule has 2 saturated heterocycles. The van der Waals surface area contributed by atoms with Crippen LogP contribution in [0.3, 0.4) is 0 Å². The summed E-state index contributed by atoms with van der Waals surface area (Å²) in [5, 5.41) is 0. The van der Waals surface area contributed by atoms with Crippen molar-refractivity contribution >= 4 is 0 Å². The molecule has 1 aromatic rings. The van der Waals surface area contributed by atoms with E-state index in [0.717, 1.165) is 24.4 Å². The van der Waals surface area contributed by atoms with Gasteiger partial charge in [0.25, 0.3) is 0 Å². The van der Waals surface area contributed by atoms with E-state index in [1.54, 1.807) is 0 Å². The van der Waals surface area contributed by atoms with Gasteiger partial charge in [0.2, 0.25) is 0 Å². The van der Waals surface area contributed by atoms with Crippen LogP contribution >= 0.6 is 0 Å². The maximum Gasteiger partial charge on any atom is 0.0233 e. The second-order valence-electron chi connectivity index (χ2n) is 6.25. The molecule has 0 aliphatic carbocycles. The number of benzene rings is 1. The summed E-state index contributed by atoms with van der Waals surface area (Å²) in [5.41, 5.74) is 1.46. The van der Waals surface area contributed by atoms with Crippen LogP contribution in [-0.2, 0) is 6.54 Å². The standard InChI is InChI=1S/C16H24N2/c1-13(2)18-11-15-9-17(10-16(15)12-18)8-14-6-4-3-5-7-14/h3-7,13,15-16H,8-12H2,1-2H3/t15-,16+. The van der Waals surface area contributed by atoms with E-state index in [1.165, 1.54) is 31.7 Å². The maximum atomic E-state index is 2.65. The average Bonchev–Trinajstić information content (AvgIpc) is 2.88. The van der Waals surface area contributed by atoms with E-state index in [-0.39, 0.29) is 0 Å². The molecule has 3 rings (SSSR count). The smallest absolute Gasteiger partial charge is 0.0233 e. The summed E-state index contributed by atoms with van der Waals surface area (Å²) >= 11 is 0. The topological polar surface area (TPSA) is 6.48 Å². The molecule has 98 valence electrons. The van der Waals surface area contributed by atoms with Crippen molar-refractivity contribution in [2.24, 2.45) is 11.8 Å². The van der Waals surface area contributed by atoms with Crippen LogP contribution in [0.15, 0.2) is 30.3 Å². The second kappa shape index (κ2) is 5.02. The molecule has 2 nitrogen and oxygen atoms in total. The van der Waals surface area contributed by atoms with Gasteiger partial charge in [0.05, 0.1) is 0 Å². The van der Waals surface area contributed by atoms with E-state index in [1.807, 2.05) is 0 Å². The highest BCUT2D eigenvalue weighted by atomic mass is 15.2. The van der Waals surface area contributed by atoms with Crippen LogP contribution in [0.1, 0.15) is 19.4 Å². The summed E-state index contributed by atoms with van der Waals surface area (Å²) in [6.07, 6.45) is 0. The molecule has 0 aromatic heterocycles. The van der Waals surface area contributed by atoms with Crippen molar-refractivity contribution in [2.45, 2.75) is 26.4 Å². The highest BCUT2D eigenvalue weighted by Gasteiger charge is 2.40. The monoisotopic (exact) mass is 244 g/mol. The third-order valence-corrected chi connectivity index (χ3v) is 4.57. The number of rotatable bonds is 3. The van der Waals surface area contributed by atoms with Crippen LogP contribution in [0.25, 0.3) is 0 Å². The molecule has 2 atom stereocenters. The van der Waals surface area contributed by atoms with Gasteiger partial charge in [0.15, 0.2) is 0 Å². The Labute approximate surface area is 111 Å². The molecule has 2 aliphatic rings. The lowest BCUT2D eigenvalue weighted by molar-refractivity contribution is 0.220. The lowest BCUT2D eigenvalue weighted by atomic mass is 10.0. The van der Waals surface area contributed by atoms with E-state index < -0.39 is 0 Å². The minimum atomic E-state index is 0.721. The summed E-state index contributed by atoms with van der Waals surface area (Å²) in [6, 6.07) is 11.6. The molecule has 0 radical (unpaired) electrons. The van der Waals surface area contributed by atoms with Gasteiger partial charge in [-0.15, -0.1) is 0 Å². The first-order chi connectivity index (χ1) is 8.72. The Morgan fingerprint density at radius 3 is 2.17 bits per heavy atom. The van der Waals surface area contributed by atoms with E-state index in [0.29, 0.717) is 0 Å². The molecule has 18 heavy (non-hydrogen) atoms. The third-order valence-electron chi connectivity index (χ3n) is 4.57. The number of fused-ring (bicyclic) bond motifs is 1. The van der Waals surface area contributed by atoms with Crippen LogP contribution in [-0.4, -0.2) is 42.0 Å². The molecule has 1 aromatic carbocycles. The first-order valence-electron chi connectivity index (χ1n) is 7.22. The highest BCUT2D eigenvalue weighted by Crippen LogP contribution is 2.32. The minimum absolute atomic E-state index is 0.721. The van der Waals surface area contributed by atoms with Gasteiger partial charge in [-0.1, -0.05) is 30.3 Å². The van der Waals surface area contributed by atoms with Gasteiger partial charge < -0.3 is 4.90 Å². The normalized spacial score (nSPS) is 29.1. The quantitative estimate of drug-likeness (QED) is 0.806. The number of hydrogen-bond acceptors (Lipinski definition) is 2. The molecule has 0 unspecified atom stereocenters. The van der Waals surface area contributed by atoms with Crippen molar-refractivity contribution in [1.82, 2.24) is 9.80 Å². The van der Waals surface area contributed by atoms with Gasteiger partial charge in [0, 0.05) is 38.8 Å². The molecule has 0 bridgehead atoms. The van der Waals surface area contributed by atoms with Gasteiger partial charge in [0.1, 0.15) is 0 Å². The van der Waals surface area contributed by atoms with Gasteiger partial charge in [-0.05, 0) is 31.2 Å². The van der Waals surface area contributed by atoms with E-state index in [2.05, 4.69) is 54.0 Å². The van der Waals surface area contributed by atoms with Crippen molar-refractivity contribution in [3.8, 4) is 0 Å². The molecular formula is C16H24N2. The third kappa shape index (κ3) is 2.45. The average molecular weight is 244 g/mol. The fraction of sp³-hybridized carbons (Fsp3) is 0.625. The van der Waals surface area contributed by atoms with Crippen LogP contribution < -0.4 is 0 Å². The number of nitrogens with zero attached hydrogens (tertiary/aromatic N) is 2. The Morgan fingerprint density at radius 1 is 1.00 bits per heavy atom. The highest BCUT2D eigenvalue weighted by molar-refractivity contribution is 5.15. The summed E-state index contributed by atoms with van der Waals surface area (Å²) < 4.78 is 0. The fourth-order valence-corrected chi connectivity index (χ4v) is 3.52. The van der Waals surface area contributed by atoms with Gasteiger partial charge in [-0.25, -0.2) is 0 Å². The van der Waals surface area contributed by atoms with Crippen LogP contribution in [0.5, 0.6) is 0 Å². The molecular weight excluding hydrogens is 220 g/mol. The van der Waals surface area contributed by atoms with Crippen molar-refractivity contribution in [2.75, 3.05) is 26.2 Å². The Kier molecular flexibility index (Phi) is 3.40. The predicted molar refractivity (Wildman–Crippen MR) is 75.4 cm³/mol. The molecule has 2 heteroatoms. The zero-order chi connectivity index (χ0) is 12.5. The Bertz CT molecular complexity index is 373. The zero-order valence-corrected chi connectivity index (χ0v) is 11.5. The summed E-state index contributed by atoms with van der Waals surface area (Å²) in [6.45, 7) is 11.0. The van der Waals surface area contributed by atoms with Crippen molar-refractivity contribution < 1.29 is 0 Å². The SMILES string of the molecule is CC(C)N1C[C@H]2CN(Cc3ccccc3)C[C@H]2C1. The van der Waals surface area contributed by atoms with Crippen molar-refractivity contribution in [1.29, 1.82) is 0 Å². The van der Waals surface area contributed by atoms with Crippen molar-refractivity contribution in [3.05, 3.63) is 35.9 Å². The lowest BCUT2D eigenvalue weighted by Crippen LogP contribution is -2.32. The number of likely N-dealkylation sites (tertiary alicyclic amines) is 2. The maximum absolute atomic E-state index is 2.65. The predicted octanol–water partition coefficient (Wildman–Crippen LogP) is 2.46. The molecule has 2 heterocycles. The van der Waals surface area contributed by atoms with E-state index in [4.69, 9.17) is 0 Å². The molecule has 2 fully saturated rings. The molecule has 2 aliphatic heterocycles. The Hall–Kier alpha value is -0.860. The summed E-state index contributed by atoms with van der Waals surface area (Å²) in [5.74, 6) is 1.83. The summed E-state index contributed by atoms with van der Waals surface area (Å²) in [7, 11) is 0. The lowest BCUT2D eigenvalue weighted by Gasteiger charge is -2.24. The fourth-order valence-electron chi connectivity index (χ4n) is 3.52. The Balaban J connectivity index is 1.56. The number of hydrogen-bond donors (Lipinski definition) is 0. The van der Waals surface area contributed by atoms with Crippen LogP contribution in [0.4, 0.5) is 0 Å². The molecule has 0 amide bonds. The molecule has 0 saturated carbocycles.